The van der Waals surface area contributed by atoms with Crippen LogP contribution >= 0.6 is 0 Å². The molecule has 2 atom stereocenters. The second kappa shape index (κ2) is 8.90. The van der Waals surface area contributed by atoms with E-state index < -0.39 is 18.3 Å². The average Bonchev–Trinajstić information content (AvgIpc) is 3.53. The van der Waals surface area contributed by atoms with Gasteiger partial charge in [-0.2, -0.15) is 0 Å². The molecule has 0 bridgehead atoms. The van der Waals surface area contributed by atoms with Crippen molar-refractivity contribution in [1.82, 2.24) is 0 Å². The zero-order valence-electron chi connectivity index (χ0n) is 21.3. The summed E-state index contributed by atoms with van der Waals surface area (Å²) in [4.78, 5) is 0. The van der Waals surface area contributed by atoms with Crippen molar-refractivity contribution in [1.29, 1.82) is 0 Å². The van der Waals surface area contributed by atoms with Gasteiger partial charge in [0.15, 0.2) is 0 Å². The molecule has 0 radical (unpaired) electrons. The first kappa shape index (κ1) is 23.5. The molecule has 0 N–H and O–H groups in total. The molecule has 2 aliphatic carbocycles. The summed E-state index contributed by atoms with van der Waals surface area (Å²) in [5, 5.41) is 0. The number of rotatable bonds is 6. The van der Waals surface area contributed by atoms with Crippen molar-refractivity contribution in [3.63, 3.8) is 0 Å². The Hall–Kier alpha value is -2.89. The van der Waals surface area contributed by atoms with E-state index in [2.05, 4.69) is 135 Å². The molecule has 0 heterocycles. The number of fused-ring (bicyclic) bond motifs is 2. The second-order valence-corrected chi connectivity index (χ2v) is 26.6. The molecule has 0 amide bonds. The molecular weight excluding hydrogens is 512 g/mol. The Morgan fingerprint density at radius 3 is 1.39 bits per heavy atom. The molecule has 0 spiro atoms. The van der Waals surface area contributed by atoms with Gasteiger partial charge in [-0.05, 0) is 0 Å². The minimum atomic E-state index is -4.19. The normalized spacial score (nSPS) is 18.3. The molecule has 4 aromatic rings. The van der Waals surface area contributed by atoms with Crippen LogP contribution in [0.3, 0.4) is 0 Å². The maximum absolute atomic E-state index is 5.62. The Morgan fingerprint density at radius 1 is 0.556 bits per heavy atom. The first-order valence-corrected chi connectivity index (χ1v) is 21.2. The van der Waals surface area contributed by atoms with Crippen LogP contribution in [0.15, 0.2) is 109 Å². The molecule has 0 saturated heterocycles. The quantitative estimate of drug-likeness (QED) is 0.227. The van der Waals surface area contributed by atoms with Crippen LogP contribution in [0, 0.1) is 13.8 Å². The van der Waals surface area contributed by atoms with Crippen LogP contribution in [0.25, 0.3) is 12.2 Å². The fourth-order valence-corrected chi connectivity index (χ4v) is 25.4. The van der Waals surface area contributed by atoms with Crippen molar-refractivity contribution in [3.05, 3.63) is 154 Å². The van der Waals surface area contributed by atoms with E-state index in [1.807, 2.05) is 0 Å². The van der Waals surface area contributed by atoms with Crippen LogP contribution in [0.4, 0.5) is 0 Å². The maximum atomic E-state index is 5.62. The summed E-state index contributed by atoms with van der Waals surface area (Å²) >= 11 is -4.19. The summed E-state index contributed by atoms with van der Waals surface area (Å²) in [6.07, 6.45) is 9.90. The number of allylic oxidation sites excluding steroid dienone is 2. The van der Waals surface area contributed by atoms with Crippen LogP contribution in [0.5, 0.6) is 0 Å². The standard InChI is InChI=1S/2C10H9.2C7H7.CH2.Zr/c2*1-8-4-2-5-9-6-3-7-10(8)9;2*1-7-5-3-2-4-6-7;;/h2*2-7H,1H3;2*2-6H,1H2;1H2;. The van der Waals surface area contributed by atoms with Crippen molar-refractivity contribution in [2.45, 2.75) is 29.4 Å². The minimum absolute atomic E-state index is 0.378. The Labute approximate surface area is 216 Å². The monoisotopic (exact) mass is 544 g/mol. The average molecular weight is 546 g/mol. The molecule has 1 heteroatoms. The number of aryl methyl sites for hydroxylation is 2. The molecule has 2 unspecified atom stereocenters. The zero-order valence-corrected chi connectivity index (χ0v) is 23.8. The molecule has 2 aliphatic rings. The van der Waals surface area contributed by atoms with Crippen molar-refractivity contribution < 1.29 is 18.3 Å². The van der Waals surface area contributed by atoms with E-state index in [0.29, 0.717) is 7.25 Å². The molecule has 6 rings (SSSR count). The van der Waals surface area contributed by atoms with E-state index in [4.69, 9.17) is 4.21 Å². The molecule has 0 aliphatic heterocycles. The molecular formula is C35H34Zr. The third-order valence-electron chi connectivity index (χ3n) is 8.98. The van der Waals surface area contributed by atoms with Crippen molar-refractivity contribution in [2.24, 2.45) is 0 Å². The van der Waals surface area contributed by atoms with Gasteiger partial charge < -0.3 is 0 Å². The van der Waals surface area contributed by atoms with Gasteiger partial charge in [0.05, 0.1) is 0 Å². The van der Waals surface area contributed by atoms with Crippen LogP contribution in [-0.2, 0) is 26.6 Å². The third-order valence-corrected chi connectivity index (χ3v) is 26.2. The van der Waals surface area contributed by atoms with Crippen LogP contribution in [0.1, 0.15) is 51.8 Å². The van der Waals surface area contributed by atoms with Crippen LogP contribution in [0.2, 0.25) is 0 Å². The van der Waals surface area contributed by atoms with E-state index in [9.17, 15) is 0 Å². The van der Waals surface area contributed by atoms with Gasteiger partial charge in [0.1, 0.15) is 0 Å². The fraction of sp³-hybridized carbons (Fsp3) is 0.171. The van der Waals surface area contributed by atoms with Gasteiger partial charge in [-0.3, -0.25) is 0 Å². The van der Waals surface area contributed by atoms with Gasteiger partial charge in [0.2, 0.25) is 0 Å². The fourth-order valence-electron chi connectivity index (χ4n) is 7.29. The summed E-state index contributed by atoms with van der Waals surface area (Å²) in [5.41, 5.74) is 11.4. The van der Waals surface area contributed by atoms with E-state index in [-0.39, 0.29) is 0 Å². The Balaban J connectivity index is 1.66. The van der Waals surface area contributed by atoms with Crippen LogP contribution < -0.4 is 0 Å². The molecule has 178 valence electrons. The molecule has 0 nitrogen and oxygen atoms in total. The van der Waals surface area contributed by atoms with Gasteiger partial charge in [-0.1, -0.05) is 0 Å². The van der Waals surface area contributed by atoms with Crippen molar-refractivity contribution in [3.8, 4) is 0 Å². The van der Waals surface area contributed by atoms with Crippen molar-refractivity contribution in [2.75, 3.05) is 0 Å². The number of hydrogen-bond donors (Lipinski definition) is 0. The second-order valence-electron chi connectivity index (χ2n) is 11.3. The van der Waals surface area contributed by atoms with E-state index >= 15 is 0 Å². The Morgan fingerprint density at radius 2 is 0.972 bits per heavy atom. The number of hydrogen-bond acceptors (Lipinski definition) is 0. The first-order valence-electron chi connectivity index (χ1n) is 13.1. The summed E-state index contributed by atoms with van der Waals surface area (Å²) in [6.45, 7) is 4.50. The molecule has 36 heavy (non-hydrogen) atoms. The summed E-state index contributed by atoms with van der Waals surface area (Å²) < 4.78 is 8.55. The van der Waals surface area contributed by atoms with E-state index in [0.717, 1.165) is 8.26 Å². The summed E-state index contributed by atoms with van der Waals surface area (Å²) in [7, 11) is 0. The summed E-state index contributed by atoms with van der Waals surface area (Å²) in [6, 6.07) is 36.2. The topological polar surface area (TPSA) is 0 Å². The first-order chi connectivity index (χ1) is 17.5. The van der Waals surface area contributed by atoms with Gasteiger partial charge in [0.25, 0.3) is 0 Å². The van der Waals surface area contributed by atoms with Crippen LogP contribution in [-0.4, -0.2) is 4.21 Å². The molecule has 0 fully saturated rings. The Kier molecular flexibility index (Phi) is 5.81. The molecule has 0 aromatic heterocycles. The van der Waals surface area contributed by atoms with E-state index in [1.54, 1.807) is 0 Å². The van der Waals surface area contributed by atoms with Gasteiger partial charge in [-0.15, -0.1) is 0 Å². The Bertz CT molecular complexity index is 1430. The SMILES string of the molecule is [CH2]=[Zr]([CH2]c1ccccc1)([CH2]c1ccccc1)([CH]1C=Cc2c(C)cccc21)[CH]1C=Cc2c(C)cccc21. The van der Waals surface area contributed by atoms with Gasteiger partial charge in [0, 0.05) is 0 Å². The zero-order chi connectivity index (χ0) is 24.8. The van der Waals surface area contributed by atoms with Gasteiger partial charge >= 0.3 is 218 Å². The predicted molar refractivity (Wildman–Crippen MR) is 153 cm³/mol. The third kappa shape index (κ3) is 3.72. The molecule has 0 saturated carbocycles. The van der Waals surface area contributed by atoms with Crippen molar-refractivity contribution >= 4 is 16.4 Å². The molecule has 4 aromatic carbocycles. The number of benzene rings is 4. The van der Waals surface area contributed by atoms with Gasteiger partial charge in [-0.25, -0.2) is 0 Å². The van der Waals surface area contributed by atoms with E-state index in [1.165, 1.54) is 44.5 Å². The summed E-state index contributed by atoms with van der Waals surface area (Å²) in [5.74, 6) is 0. The predicted octanol–water partition coefficient (Wildman–Crippen LogP) is 8.66.